The van der Waals surface area contributed by atoms with E-state index in [2.05, 4.69) is 0 Å². The van der Waals surface area contributed by atoms with Gasteiger partial charge in [-0.15, -0.1) is 0 Å². The van der Waals surface area contributed by atoms with E-state index in [0.29, 0.717) is 32.3 Å². The van der Waals surface area contributed by atoms with Gasteiger partial charge in [0.1, 0.15) is 5.75 Å². The van der Waals surface area contributed by atoms with Crippen LogP contribution in [0, 0.1) is 11.3 Å². The van der Waals surface area contributed by atoms with E-state index in [-0.39, 0.29) is 6.42 Å². The lowest BCUT2D eigenvalue weighted by Crippen LogP contribution is -2.37. The summed E-state index contributed by atoms with van der Waals surface area (Å²) in [5.74, 6) is 0.507. The van der Waals surface area contributed by atoms with Gasteiger partial charge in [-0.2, -0.15) is 26.9 Å². The Morgan fingerprint density at radius 3 is 2.21 bits per heavy atom. The number of hydrogen-bond donors (Lipinski definition) is 0. The van der Waals surface area contributed by atoms with Crippen LogP contribution in [-0.2, 0) is 10.0 Å². The van der Waals surface area contributed by atoms with Crippen molar-refractivity contribution >= 4 is 15.6 Å². The third-order valence-corrected chi connectivity index (χ3v) is 5.96. The molecule has 28 heavy (non-hydrogen) atoms. The zero-order valence-corrected chi connectivity index (χ0v) is 15.5. The average molecular weight is 408 g/mol. The van der Waals surface area contributed by atoms with Gasteiger partial charge in [0, 0.05) is 12.6 Å². The zero-order chi connectivity index (χ0) is 20.5. The van der Waals surface area contributed by atoms with Crippen molar-refractivity contribution in [3.05, 3.63) is 71.4 Å². The van der Waals surface area contributed by atoms with Gasteiger partial charge < -0.3 is 4.74 Å². The quantitative estimate of drug-likeness (QED) is 0.760. The molecule has 0 aliphatic carbocycles. The summed E-state index contributed by atoms with van der Waals surface area (Å²) in [6.45, 7) is 0. The van der Waals surface area contributed by atoms with Crippen molar-refractivity contribution < 1.29 is 26.3 Å². The molecule has 1 heterocycles. The molecule has 0 unspecified atom stereocenters. The van der Waals surface area contributed by atoms with E-state index < -0.39 is 21.6 Å². The molecule has 1 aliphatic rings. The molecule has 0 aromatic heterocycles. The lowest BCUT2D eigenvalue weighted by molar-refractivity contribution is -0.0484. The van der Waals surface area contributed by atoms with Gasteiger partial charge >= 0.3 is 15.5 Å². The molecule has 5 nitrogen and oxygen atoms in total. The van der Waals surface area contributed by atoms with Crippen LogP contribution >= 0.6 is 0 Å². The minimum atomic E-state index is -5.57. The second-order valence-corrected chi connectivity index (χ2v) is 7.95. The Bertz CT molecular complexity index is 1040. The molecule has 0 N–H and O–H groups in total. The van der Waals surface area contributed by atoms with E-state index in [1.54, 1.807) is 24.3 Å². The second-order valence-electron chi connectivity index (χ2n) is 6.12. The standard InChI is InChI=1S/C19H15F3N2O3S/c1-27-17-8-6-15(7-9-17)18-10-16(14-4-2-13(11-23)3-5-14)12-24(18)28(25,26)19(20,21)22/h2-9,12,18H,10H2,1H3/t18-/m1/s1. The molecule has 146 valence electrons. The molecular formula is C19H15F3N2O3S. The van der Waals surface area contributed by atoms with Gasteiger partial charge in [0.15, 0.2) is 0 Å². The molecule has 0 bridgehead atoms. The molecule has 3 rings (SSSR count). The van der Waals surface area contributed by atoms with E-state index in [9.17, 15) is 21.6 Å². The van der Waals surface area contributed by atoms with Crippen molar-refractivity contribution in [3.63, 3.8) is 0 Å². The predicted octanol–water partition coefficient (Wildman–Crippen LogP) is 4.20. The average Bonchev–Trinajstić information content (AvgIpc) is 3.13. The van der Waals surface area contributed by atoms with Gasteiger partial charge in [-0.05, 0) is 41.0 Å². The molecule has 0 saturated carbocycles. The van der Waals surface area contributed by atoms with Crippen molar-refractivity contribution in [2.75, 3.05) is 7.11 Å². The first-order valence-electron chi connectivity index (χ1n) is 8.12. The number of rotatable bonds is 4. The van der Waals surface area contributed by atoms with E-state index in [1.807, 2.05) is 6.07 Å². The molecule has 0 spiro atoms. The van der Waals surface area contributed by atoms with Crippen molar-refractivity contribution in [1.29, 1.82) is 5.26 Å². The third-order valence-electron chi connectivity index (χ3n) is 4.46. The summed E-state index contributed by atoms with van der Waals surface area (Å²) in [7, 11) is -4.12. The number of methoxy groups -OCH3 is 1. The summed E-state index contributed by atoms with van der Waals surface area (Å²) < 4.78 is 69.3. The summed E-state index contributed by atoms with van der Waals surface area (Å²) in [6, 6.07) is 13.3. The maximum atomic E-state index is 13.2. The highest BCUT2D eigenvalue weighted by atomic mass is 32.2. The van der Waals surface area contributed by atoms with Crippen LogP contribution in [0.2, 0.25) is 0 Å². The van der Waals surface area contributed by atoms with Crippen molar-refractivity contribution in [1.82, 2.24) is 4.31 Å². The molecule has 0 fully saturated rings. The fourth-order valence-electron chi connectivity index (χ4n) is 2.99. The van der Waals surface area contributed by atoms with Crippen LogP contribution in [0.15, 0.2) is 54.7 Å². The minimum absolute atomic E-state index is 0.0630. The number of alkyl halides is 3. The molecule has 2 aromatic rings. The first kappa shape index (κ1) is 19.8. The maximum absolute atomic E-state index is 13.2. The van der Waals surface area contributed by atoms with Crippen LogP contribution < -0.4 is 4.74 Å². The van der Waals surface area contributed by atoms with Crippen LogP contribution in [0.4, 0.5) is 13.2 Å². The topological polar surface area (TPSA) is 70.4 Å². The Hall–Kier alpha value is -2.99. The Balaban J connectivity index is 2.04. The zero-order valence-electron chi connectivity index (χ0n) is 14.6. The van der Waals surface area contributed by atoms with Crippen LogP contribution in [0.5, 0.6) is 5.75 Å². The molecular weight excluding hydrogens is 393 g/mol. The molecule has 0 radical (unpaired) electrons. The molecule has 1 aliphatic heterocycles. The van der Waals surface area contributed by atoms with Gasteiger partial charge in [0.2, 0.25) is 0 Å². The Kier molecular flexibility index (Phi) is 5.08. The summed E-state index contributed by atoms with van der Waals surface area (Å²) in [4.78, 5) is 0. The Morgan fingerprint density at radius 2 is 1.71 bits per heavy atom. The third kappa shape index (κ3) is 3.55. The van der Waals surface area contributed by atoms with Crippen LogP contribution in [-0.4, -0.2) is 25.3 Å². The van der Waals surface area contributed by atoms with Gasteiger partial charge in [-0.1, -0.05) is 24.3 Å². The van der Waals surface area contributed by atoms with Crippen molar-refractivity contribution in [2.24, 2.45) is 0 Å². The maximum Gasteiger partial charge on any atom is 0.516 e. The summed E-state index contributed by atoms with van der Waals surface area (Å²) in [6.07, 6.45) is 1.08. The Morgan fingerprint density at radius 1 is 1.11 bits per heavy atom. The first-order valence-corrected chi connectivity index (χ1v) is 9.56. The molecule has 1 atom stereocenters. The monoisotopic (exact) mass is 408 g/mol. The predicted molar refractivity (Wildman–Crippen MR) is 96.3 cm³/mol. The fourth-order valence-corrected chi connectivity index (χ4v) is 4.03. The summed E-state index contributed by atoms with van der Waals surface area (Å²) >= 11 is 0. The van der Waals surface area contributed by atoms with Crippen LogP contribution in [0.25, 0.3) is 5.57 Å². The summed E-state index contributed by atoms with van der Waals surface area (Å²) in [5.41, 5.74) is -3.63. The lowest BCUT2D eigenvalue weighted by Gasteiger charge is -2.26. The number of benzene rings is 2. The SMILES string of the molecule is COc1ccc([C@H]2CC(c3ccc(C#N)cc3)=CN2S(=O)(=O)C(F)(F)F)cc1. The molecule has 9 heteroatoms. The summed E-state index contributed by atoms with van der Waals surface area (Å²) in [5, 5.41) is 8.88. The number of nitriles is 1. The largest absolute Gasteiger partial charge is 0.516 e. The number of hydrogen-bond acceptors (Lipinski definition) is 4. The minimum Gasteiger partial charge on any atom is -0.497 e. The normalized spacial score (nSPS) is 17.2. The van der Waals surface area contributed by atoms with Gasteiger partial charge in [0.05, 0.1) is 24.8 Å². The molecule has 0 amide bonds. The van der Waals surface area contributed by atoms with Crippen LogP contribution in [0.1, 0.15) is 29.2 Å². The van der Waals surface area contributed by atoms with Crippen LogP contribution in [0.3, 0.4) is 0 Å². The van der Waals surface area contributed by atoms with Gasteiger partial charge in [0.25, 0.3) is 0 Å². The van der Waals surface area contributed by atoms with E-state index in [0.717, 1.165) is 6.20 Å². The van der Waals surface area contributed by atoms with E-state index in [4.69, 9.17) is 10.00 Å². The highest BCUT2D eigenvalue weighted by Gasteiger charge is 2.52. The fraction of sp³-hybridized carbons (Fsp3) is 0.211. The lowest BCUT2D eigenvalue weighted by atomic mass is 9.97. The molecule has 2 aromatic carbocycles. The van der Waals surface area contributed by atoms with Gasteiger partial charge in [-0.25, -0.2) is 0 Å². The second kappa shape index (κ2) is 7.20. The van der Waals surface area contributed by atoms with Crippen molar-refractivity contribution in [3.8, 4) is 11.8 Å². The smallest absolute Gasteiger partial charge is 0.497 e. The number of ether oxygens (including phenoxy) is 1. The van der Waals surface area contributed by atoms with Crippen molar-refractivity contribution in [2.45, 2.75) is 18.0 Å². The van der Waals surface area contributed by atoms with Gasteiger partial charge in [-0.3, -0.25) is 4.31 Å². The first-order chi connectivity index (χ1) is 13.2. The Labute approximate surface area is 160 Å². The number of nitrogens with zero attached hydrogens (tertiary/aromatic N) is 2. The number of sulfonamides is 1. The van der Waals surface area contributed by atoms with E-state index >= 15 is 0 Å². The highest BCUT2D eigenvalue weighted by molar-refractivity contribution is 7.90. The molecule has 0 saturated heterocycles. The highest BCUT2D eigenvalue weighted by Crippen LogP contribution is 2.44. The van der Waals surface area contributed by atoms with E-state index in [1.165, 1.54) is 31.4 Å². The number of halogens is 3.